The Morgan fingerprint density at radius 1 is 1.67 bits per heavy atom. The summed E-state index contributed by atoms with van der Waals surface area (Å²) in [6.07, 6.45) is 0.879. The molecule has 0 bridgehead atoms. The van der Waals surface area contributed by atoms with E-state index < -0.39 is 0 Å². The number of methoxy groups -OCH3 is 1. The van der Waals surface area contributed by atoms with Gasteiger partial charge in [-0.25, -0.2) is 4.98 Å². The predicted molar refractivity (Wildman–Crippen MR) is 59.2 cm³/mol. The van der Waals surface area contributed by atoms with Crippen LogP contribution < -0.4 is 10.9 Å². The molecular weight excluding hydrogens is 194 g/mol. The van der Waals surface area contributed by atoms with Crippen molar-refractivity contribution in [3.8, 4) is 0 Å². The number of hydrogen-bond acceptors (Lipinski definition) is 4. The summed E-state index contributed by atoms with van der Waals surface area (Å²) in [6.45, 7) is 4.47. The van der Waals surface area contributed by atoms with E-state index in [1.165, 1.54) is 6.07 Å². The molecule has 84 valence electrons. The third-order valence-corrected chi connectivity index (χ3v) is 2.01. The van der Waals surface area contributed by atoms with Crippen molar-refractivity contribution >= 4 is 5.82 Å². The Morgan fingerprint density at radius 2 is 2.40 bits per heavy atom. The van der Waals surface area contributed by atoms with Gasteiger partial charge in [0.15, 0.2) is 0 Å². The van der Waals surface area contributed by atoms with E-state index in [-0.39, 0.29) is 11.6 Å². The van der Waals surface area contributed by atoms with Crippen LogP contribution in [0.1, 0.15) is 19.2 Å². The van der Waals surface area contributed by atoms with Crippen molar-refractivity contribution in [2.24, 2.45) is 0 Å². The maximum atomic E-state index is 11.1. The molecule has 1 aromatic rings. The molecule has 1 atom stereocenters. The van der Waals surface area contributed by atoms with Gasteiger partial charge in [-0.05, 0) is 20.3 Å². The highest BCUT2D eigenvalue weighted by Crippen LogP contribution is 2.03. The van der Waals surface area contributed by atoms with E-state index in [1.54, 1.807) is 14.0 Å². The predicted octanol–water partition coefficient (Wildman–Crippen LogP) is 0.915. The number of nitrogens with zero attached hydrogens (tertiary/aromatic N) is 1. The highest BCUT2D eigenvalue weighted by molar-refractivity contribution is 5.33. The molecule has 1 heterocycles. The maximum Gasteiger partial charge on any atom is 0.252 e. The van der Waals surface area contributed by atoms with Crippen LogP contribution in [-0.2, 0) is 4.74 Å². The first-order valence-electron chi connectivity index (χ1n) is 4.95. The zero-order chi connectivity index (χ0) is 11.3. The smallest absolute Gasteiger partial charge is 0.252 e. The summed E-state index contributed by atoms with van der Waals surface area (Å²) in [5.74, 6) is 1.23. The van der Waals surface area contributed by atoms with E-state index in [1.807, 2.05) is 6.92 Å². The van der Waals surface area contributed by atoms with Gasteiger partial charge in [0.25, 0.3) is 5.56 Å². The third kappa shape index (κ3) is 4.12. The lowest BCUT2D eigenvalue weighted by atomic mass is 10.2. The van der Waals surface area contributed by atoms with Crippen LogP contribution >= 0.6 is 0 Å². The van der Waals surface area contributed by atoms with Crippen LogP contribution in [0.25, 0.3) is 0 Å². The average molecular weight is 211 g/mol. The quantitative estimate of drug-likeness (QED) is 0.760. The number of nitrogens with one attached hydrogen (secondary N) is 2. The van der Waals surface area contributed by atoms with Gasteiger partial charge in [-0.3, -0.25) is 4.79 Å². The van der Waals surface area contributed by atoms with E-state index >= 15 is 0 Å². The van der Waals surface area contributed by atoms with Gasteiger partial charge in [-0.15, -0.1) is 0 Å². The van der Waals surface area contributed by atoms with Gasteiger partial charge in [0, 0.05) is 25.8 Å². The normalized spacial score (nSPS) is 12.5. The minimum atomic E-state index is -0.135. The van der Waals surface area contributed by atoms with Gasteiger partial charge in [-0.1, -0.05) is 0 Å². The second kappa shape index (κ2) is 5.50. The van der Waals surface area contributed by atoms with E-state index in [0.29, 0.717) is 18.2 Å². The molecule has 1 aromatic heterocycles. The van der Waals surface area contributed by atoms with Gasteiger partial charge < -0.3 is 15.0 Å². The molecule has 0 fully saturated rings. The number of anilines is 1. The Kier molecular flexibility index (Phi) is 4.30. The van der Waals surface area contributed by atoms with Crippen molar-refractivity contribution in [1.29, 1.82) is 0 Å². The maximum absolute atomic E-state index is 11.1. The minimum absolute atomic E-state index is 0.135. The van der Waals surface area contributed by atoms with Gasteiger partial charge >= 0.3 is 0 Å². The van der Waals surface area contributed by atoms with E-state index in [4.69, 9.17) is 4.74 Å². The first-order valence-corrected chi connectivity index (χ1v) is 4.95. The van der Waals surface area contributed by atoms with Crippen LogP contribution in [0.3, 0.4) is 0 Å². The van der Waals surface area contributed by atoms with Gasteiger partial charge in [0.1, 0.15) is 11.6 Å². The fraction of sp³-hybridized carbons (Fsp3) is 0.600. The van der Waals surface area contributed by atoms with Crippen molar-refractivity contribution in [3.63, 3.8) is 0 Å². The SMILES string of the molecule is COCCC(C)Nc1cc(=O)[nH]c(C)n1. The van der Waals surface area contributed by atoms with Crippen LogP contribution in [0.5, 0.6) is 0 Å². The summed E-state index contributed by atoms with van der Waals surface area (Å²) in [4.78, 5) is 17.9. The summed E-state index contributed by atoms with van der Waals surface area (Å²) < 4.78 is 4.97. The number of hydrogen-bond donors (Lipinski definition) is 2. The third-order valence-electron chi connectivity index (χ3n) is 2.01. The average Bonchev–Trinajstić information content (AvgIpc) is 2.13. The monoisotopic (exact) mass is 211 g/mol. The lowest BCUT2D eigenvalue weighted by Gasteiger charge is -2.13. The second-order valence-electron chi connectivity index (χ2n) is 3.54. The Balaban J connectivity index is 2.60. The number of aromatic amines is 1. The van der Waals surface area contributed by atoms with Crippen LogP contribution in [0.4, 0.5) is 5.82 Å². The standard InChI is InChI=1S/C10H17N3O2/c1-7(4-5-15-3)11-9-6-10(14)13-8(2)12-9/h6-7H,4-5H2,1-3H3,(H2,11,12,13,14). The largest absolute Gasteiger partial charge is 0.385 e. The molecule has 15 heavy (non-hydrogen) atoms. The van der Waals surface area contributed by atoms with Crippen LogP contribution in [0, 0.1) is 6.92 Å². The van der Waals surface area contributed by atoms with Crippen molar-refractivity contribution in [1.82, 2.24) is 9.97 Å². The fourth-order valence-corrected chi connectivity index (χ4v) is 1.27. The Bertz CT molecular complexity index is 362. The van der Waals surface area contributed by atoms with Crippen LogP contribution in [0.2, 0.25) is 0 Å². The molecule has 1 unspecified atom stereocenters. The van der Waals surface area contributed by atoms with Crippen LogP contribution in [0.15, 0.2) is 10.9 Å². The molecule has 0 radical (unpaired) electrons. The number of aryl methyl sites for hydroxylation is 1. The molecule has 0 aliphatic heterocycles. The van der Waals surface area contributed by atoms with Gasteiger partial charge in [-0.2, -0.15) is 0 Å². The molecule has 0 saturated heterocycles. The van der Waals surface area contributed by atoms with Crippen molar-refractivity contribution in [2.75, 3.05) is 19.0 Å². The minimum Gasteiger partial charge on any atom is -0.385 e. The number of ether oxygens (including phenoxy) is 1. The number of aromatic nitrogens is 2. The zero-order valence-electron chi connectivity index (χ0n) is 9.33. The molecule has 0 aliphatic carbocycles. The number of rotatable bonds is 5. The molecule has 0 spiro atoms. The fourth-order valence-electron chi connectivity index (χ4n) is 1.27. The van der Waals surface area contributed by atoms with E-state index in [9.17, 15) is 4.79 Å². The Morgan fingerprint density at radius 3 is 3.00 bits per heavy atom. The Labute approximate surface area is 88.9 Å². The summed E-state index contributed by atoms with van der Waals surface area (Å²) in [7, 11) is 1.67. The first kappa shape index (κ1) is 11.7. The molecule has 2 N–H and O–H groups in total. The second-order valence-corrected chi connectivity index (χ2v) is 3.54. The number of H-pyrrole nitrogens is 1. The zero-order valence-corrected chi connectivity index (χ0v) is 9.33. The molecule has 1 rings (SSSR count). The van der Waals surface area contributed by atoms with Gasteiger partial charge in [0.2, 0.25) is 0 Å². The molecule has 0 saturated carbocycles. The van der Waals surface area contributed by atoms with Crippen molar-refractivity contribution < 1.29 is 4.74 Å². The summed E-state index contributed by atoms with van der Waals surface area (Å²) >= 11 is 0. The Hall–Kier alpha value is -1.36. The summed E-state index contributed by atoms with van der Waals surface area (Å²) in [5, 5.41) is 3.15. The molecule has 0 amide bonds. The molecular formula is C10H17N3O2. The van der Waals surface area contributed by atoms with Crippen LogP contribution in [-0.4, -0.2) is 29.7 Å². The molecule has 5 heteroatoms. The summed E-state index contributed by atoms with van der Waals surface area (Å²) in [5.41, 5.74) is -0.135. The highest BCUT2D eigenvalue weighted by atomic mass is 16.5. The van der Waals surface area contributed by atoms with E-state index in [0.717, 1.165) is 6.42 Å². The van der Waals surface area contributed by atoms with Crippen molar-refractivity contribution in [2.45, 2.75) is 26.3 Å². The lowest BCUT2D eigenvalue weighted by Crippen LogP contribution is -2.20. The lowest BCUT2D eigenvalue weighted by molar-refractivity contribution is 0.191. The first-order chi connectivity index (χ1) is 7.11. The van der Waals surface area contributed by atoms with Gasteiger partial charge in [0.05, 0.1) is 0 Å². The molecule has 5 nitrogen and oxygen atoms in total. The molecule has 0 aromatic carbocycles. The van der Waals surface area contributed by atoms with E-state index in [2.05, 4.69) is 15.3 Å². The topological polar surface area (TPSA) is 67.0 Å². The molecule has 0 aliphatic rings. The summed E-state index contributed by atoms with van der Waals surface area (Å²) in [6, 6.07) is 1.69. The highest BCUT2D eigenvalue weighted by Gasteiger charge is 2.03. The van der Waals surface area contributed by atoms with Crippen molar-refractivity contribution in [3.05, 3.63) is 22.2 Å².